The summed E-state index contributed by atoms with van der Waals surface area (Å²) in [7, 11) is 0. The number of thiocarbonyl (C=S) groups is 1. The average molecular weight is 418 g/mol. The van der Waals surface area contributed by atoms with Gasteiger partial charge in [-0.1, -0.05) is 72.9 Å². The molecule has 0 aromatic heterocycles. The maximum atomic E-state index is 5.82. The summed E-state index contributed by atoms with van der Waals surface area (Å²) in [5.74, 6) is 0.895. The second-order valence-corrected chi connectivity index (χ2v) is 8.05. The van der Waals surface area contributed by atoms with Gasteiger partial charge in [-0.15, -0.1) is 0 Å². The Kier molecular flexibility index (Phi) is 6.77. The zero-order valence-electron chi connectivity index (χ0n) is 17.5. The van der Waals surface area contributed by atoms with E-state index in [1.165, 1.54) is 11.1 Å². The van der Waals surface area contributed by atoms with Crippen molar-refractivity contribution in [2.75, 3.05) is 32.8 Å². The SMILES string of the molecule is CCOc1ccc(C(=S)N2CC[NH+](C(c3ccccc3)c3ccccc3)CC2)cc1. The summed E-state index contributed by atoms with van der Waals surface area (Å²) in [6.07, 6.45) is 0. The fourth-order valence-electron chi connectivity index (χ4n) is 4.28. The standard InChI is InChI=1S/C26H28N2OS/c1-2-29-24-15-13-23(14-16-24)26(30)28-19-17-27(18-20-28)25(21-9-5-3-6-10-21)22-11-7-4-8-12-22/h3-16,25H,2,17-20H2,1H3/p+1. The molecule has 0 radical (unpaired) electrons. The molecule has 1 heterocycles. The third kappa shape index (κ3) is 4.72. The monoisotopic (exact) mass is 417 g/mol. The van der Waals surface area contributed by atoms with Crippen molar-refractivity contribution < 1.29 is 9.64 Å². The molecule has 3 aromatic rings. The predicted molar refractivity (Wildman–Crippen MR) is 126 cm³/mol. The first kappa shape index (κ1) is 20.6. The number of hydrogen-bond donors (Lipinski definition) is 1. The van der Waals surface area contributed by atoms with Gasteiger partial charge in [0.1, 0.15) is 16.8 Å². The van der Waals surface area contributed by atoms with Crippen molar-refractivity contribution in [2.24, 2.45) is 0 Å². The molecule has 3 nitrogen and oxygen atoms in total. The van der Waals surface area contributed by atoms with Crippen molar-refractivity contribution >= 4 is 17.2 Å². The van der Waals surface area contributed by atoms with Crippen molar-refractivity contribution in [1.29, 1.82) is 0 Å². The summed E-state index contributed by atoms with van der Waals surface area (Å²) in [4.78, 5) is 4.88. The first-order chi connectivity index (χ1) is 14.8. The van der Waals surface area contributed by atoms with Gasteiger partial charge in [-0.2, -0.15) is 0 Å². The molecule has 1 saturated heterocycles. The number of piperazine rings is 1. The van der Waals surface area contributed by atoms with E-state index in [0.717, 1.165) is 42.5 Å². The normalized spacial score (nSPS) is 14.7. The number of nitrogens with one attached hydrogen (secondary N) is 1. The van der Waals surface area contributed by atoms with Crippen molar-refractivity contribution in [3.63, 3.8) is 0 Å². The quantitative estimate of drug-likeness (QED) is 0.616. The van der Waals surface area contributed by atoms with Crippen LogP contribution in [0.5, 0.6) is 5.75 Å². The van der Waals surface area contributed by atoms with Gasteiger partial charge in [-0.3, -0.25) is 0 Å². The van der Waals surface area contributed by atoms with Gasteiger partial charge in [0.05, 0.1) is 32.8 Å². The molecule has 0 saturated carbocycles. The summed E-state index contributed by atoms with van der Waals surface area (Å²) >= 11 is 5.82. The highest BCUT2D eigenvalue weighted by Crippen LogP contribution is 2.20. The third-order valence-electron chi connectivity index (χ3n) is 5.78. The van der Waals surface area contributed by atoms with E-state index >= 15 is 0 Å². The molecule has 1 fully saturated rings. The van der Waals surface area contributed by atoms with Crippen molar-refractivity contribution in [1.82, 2.24) is 4.90 Å². The molecule has 30 heavy (non-hydrogen) atoms. The Bertz CT molecular complexity index is 896. The average Bonchev–Trinajstić information content (AvgIpc) is 2.81. The van der Waals surface area contributed by atoms with E-state index in [1.54, 1.807) is 4.90 Å². The lowest BCUT2D eigenvalue weighted by Crippen LogP contribution is -3.15. The molecule has 1 aliphatic rings. The zero-order chi connectivity index (χ0) is 20.8. The maximum absolute atomic E-state index is 5.82. The Morgan fingerprint density at radius 1 is 0.867 bits per heavy atom. The van der Waals surface area contributed by atoms with Gasteiger partial charge < -0.3 is 14.5 Å². The van der Waals surface area contributed by atoms with Crippen LogP contribution in [0.25, 0.3) is 0 Å². The lowest BCUT2D eigenvalue weighted by molar-refractivity contribution is -0.929. The smallest absolute Gasteiger partial charge is 0.139 e. The van der Waals surface area contributed by atoms with Gasteiger partial charge in [0, 0.05) is 16.7 Å². The van der Waals surface area contributed by atoms with Gasteiger partial charge in [0.25, 0.3) is 0 Å². The van der Waals surface area contributed by atoms with Crippen molar-refractivity contribution in [3.05, 3.63) is 102 Å². The molecule has 1 aliphatic heterocycles. The fraction of sp³-hybridized carbons (Fsp3) is 0.269. The lowest BCUT2D eigenvalue weighted by atomic mass is 9.96. The van der Waals surface area contributed by atoms with Gasteiger partial charge in [-0.05, 0) is 31.2 Å². The minimum Gasteiger partial charge on any atom is -0.494 e. The Hall–Kier alpha value is -2.69. The largest absolute Gasteiger partial charge is 0.494 e. The van der Waals surface area contributed by atoms with E-state index in [4.69, 9.17) is 17.0 Å². The van der Waals surface area contributed by atoms with Crippen LogP contribution in [0.3, 0.4) is 0 Å². The van der Waals surface area contributed by atoms with E-state index in [9.17, 15) is 0 Å². The number of benzene rings is 3. The second-order valence-electron chi connectivity index (χ2n) is 7.66. The van der Waals surface area contributed by atoms with Gasteiger partial charge in [0.2, 0.25) is 0 Å². The molecule has 4 heteroatoms. The van der Waals surface area contributed by atoms with E-state index in [2.05, 4.69) is 77.7 Å². The molecular formula is C26H29N2OS+. The minimum atomic E-state index is 0.355. The Labute approximate surface area is 184 Å². The zero-order valence-corrected chi connectivity index (χ0v) is 18.3. The van der Waals surface area contributed by atoms with E-state index < -0.39 is 0 Å². The van der Waals surface area contributed by atoms with Crippen LogP contribution in [0.4, 0.5) is 0 Å². The van der Waals surface area contributed by atoms with Crippen molar-refractivity contribution in [2.45, 2.75) is 13.0 Å². The second kappa shape index (κ2) is 9.88. The molecule has 0 bridgehead atoms. The highest BCUT2D eigenvalue weighted by Gasteiger charge is 2.30. The van der Waals surface area contributed by atoms with Crippen LogP contribution >= 0.6 is 12.2 Å². The topological polar surface area (TPSA) is 16.9 Å². The predicted octanol–water partition coefficient (Wildman–Crippen LogP) is 3.75. The summed E-state index contributed by atoms with van der Waals surface area (Å²) in [5, 5.41) is 0. The van der Waals surface area contributed by atoms with Crippen LogP contribution in [0.15, 0.2) is 84.9 Å². The molecule has 0 aliphatic carbocycles. The van der Waals surface area contributed by atoms with Crippen LogP contribution in [-0.2, 0) is 0 Å². The molecule has 0 amide bonds. The molecule has 0 atom stereocenters. The summed E-state index contributed by atoms with van der Waals surface area (Å²) in [6, 6.07) is 30.3. The lowest BCUT2D eigenvalue weighted by Gasteiger charge is -2.38. The molecule has 4 rings (SSSR count). The number of ether oxygens (including phenoxy) is 1. The van der Waals surface area contributed by atoms with Gasteiger partial charge >= 0.3 is 0 Å². The maximum Gasteiger partial charge on any atom is 0.139 e. The van der Waals surface area contributed by atoms with E-state index in [0.29, 0.717) is 12.6 Å². The Morgan fingerprint density at radius 3 is 1.90 bits per heavy atom. The Morgan fingerprint density at radius 2 is 1.40 bits per heavy atom. The first-order valence-electron chi connectivity index (χ1n) is 10.7. The molecule has 3 aromatic carbocycles. The molecule has 0 spiro atoms. The number of nitrogens with zero attached hydrogens (tertiary/aromatic N) is 1. The molecule has 154 valence electrons. The van der Waals surface area contributed by atoms with Crippen LogP contribution in [0.2, 0.25) is 0 Å². The van der Waals surface area contributed by atoms with E-state index in [1.807, 2.05) is 19.1 Å². The van der Waals surface area contributed by atoms with Crippen LogP contribution in [0, 0.1) is 0 Å². The molecular weight excluding hydrogens is 388 g/mol. The molecule has 1 N–H and O–H groups in total. The molecule has 0 unspecified atom stereocenters. The Balaban J connectivity index is 1.46. The highest BCUT2D eigenvalue weighted by atomic mass is 32.1. The van der Waals surface area contributed by atoms with Crippen LogP contribution in [-0.4, -0.2) is 42.7 Å². The van der Waals surface area contributed by atoms with Gasteiger partial charge in [-0.25, -0.2) is 0 Å². The van der Waals surface area contributed by atoms with Crippen molar-refractivity contribution in [3.8, 4) is 5.75 Å². The summed E-state index contributed by atoms with van der Waals surface area (Å²) in [6.45, 7) is 6.74. The minimum absolute atomic E-state index is 0.355. The number of hydrogen-bond acceptors (Lipinski definition) is 2. The highest BCUT2D eigenvalue weighted by molar-refractivity contribution is 7.80. The number of rotatable bonds is 6. The first-order valence-corrected chi connectivity index (χ1v) is 11.1. The van der Waals surface area contributed by atoms with Crippen LogP contribution in [0.1, 0.15) is 29.7 Å². The third-order valence-corrected chi connectivity index (χ3v) is 6.27. The van der Waals surface area contributed by atoms with Gasteiger partial charge in [0.15, 0.2) is 0 Å². The van der Waals surface area contributed by atoms with Crippen LogP contribution < -0.4 is 9.64 Å². The van der Waals surface area contributed by atoms with E-state index in [-0.39, 0.29) is 0 Å². The summed E-state index contributed by atoms with van der Waals surface area (Å²) < 4.78 is 5.55. The summed E-state index contributed by atoms with van der Waals surface area (Å²) in [5.41, 5.74) is 3.85. The number of quaternary nitrogens is 1. The fourth-order valence-corrected chi connectivity index (χ4v) is 4.60.